The molecule has 1 amide bonds. The molecule has 3 aromatic rings. The number of ether oxygens (including phenoxy) is 3. The zero-order valence-corrected chi connectivity index (χ0v) is 22.2. The maximum Gasteiger partial charge on any atom is 0.264 e. The van der Waals surface area contributed by atoms with E-state index in [9.17, 15) is 13.2 Å². The van der Waals surface area contributed by atoms with Crippen LogP contribution in [-0.4, -0.2) is 42.2 Å². The van der Waals surface area contributed by atoms with Crippen molar-refractivity contribution in [1.29, 1.82) is 0 Å². The van der Waals surface area contributed by atoms with Crippen LogP contribution in [0.4, 0.5) is 5.69 Å². The molecule has 8 nitrogen and oxygen atoms in total. The highest BCUT2D eigenvalue weighted by molar-refractivity contribution is 7.92. The minimum atomic E-state index is -4.13. The summed E-state index contributed by atoms with van der Waals surface area (Å²) in [5.41, 5.74) is 3.02. The number of carbonyl (C=O) groups is 1. The highest BCUT2D eigenvalue weighted by atomic mass is 32.2. The molecule has 0 saturated heterocycles. The smallest absolute Gasteiger partial charge is 0.264 e. The van der Waals surface area contributed by atoms with E-state index < -0.39 is 22.5 Å². The summed E-state index contributed by atoms with van der Waals surface area (Å²) in [5.74, 6) is 0.942. The first-order valence-corrected chi connectivity index (χ1v) is 12.8. The van der Waals surface area contributed by atoms with Crippen LogP contribution in [-0.2, 0) is 14.8 Å². The Morgan fingerprint density at radius 2 is 1.47 bits per heavy atom. The average Bonchev–Trinajstić information content (AvgIpc) is 2.86. The molecule has 1 N–H and O–H groups in total. The Bertz CT molecular complexity index is 1300. The van der Waals surface area contributed by atoms with E-state index in [0.29, 0.717) is 17.2 Å². The van der Waals surface area contributed by atoms with Crippen LogP contribution in [0.1, 0.15) is 29.7 Å². The molecular weight excluding hydrogens is 480 g/mol. The van der Waals surface area contributed by atoms with Crippen LogP contribution >= 0.6 is 0 Å². The van der Waals surface area contributed by atoms with Gasteiger partial charge in [-0.15, -0.1) is 0 Å². The van der Waals surface area contributed by atoms with Gasteiger partial charge >= 0.3 is 0 Å². The number of amides is 1. The lowest BCUT2D eigenvalue weighted by atomic mass is 10.1. The molecule has 0 fully saturated rings. The molecular formula is C27H32N2O6S. The van der Waals surface area contributed by atoms with Crippen molar-refractivity contribution in [2.75, 3.05) is 32.2 Å². The number of carbonyl (C=O) groups excluding carboxylic acids is 1. The van der Waals surface area contributed by atoms with E-state index >= 15 is 0 Å². The summed E-state index contributed by atoms with van der Waals surface area (Å²) in [6.45, 7) is 5.19. The number of anilines is 1. The molecule has 3 rings (SSSR count). The van der Waals surface area contributed by atoms with Crippen LogP contribution in [0.5, 0.6) is 17.2 Å². The first-order valence-electron chi connectivity index (χ1n) is 11.4. The van der Waals surface area contributed by atoms with Crippen LogP contribution in [0.3, 0.4) is 0 Å². The molecule has 0 aliphatic heterocycles. The summed E-state index contributed by atoms with van der Waals surface area (Å²) in [7, 11) is 0.364. The molecule has 36 heavy (non-hydrogen) atoms. The summed E-state index contributed by atoms with van der Waals surface area (Å²) in [5, 5.41) is 2.90. The van der Waals surface area contributed by atoms with E-state index in [4.69, 9.17) is 14.2 Å². The third kappa shape index (κ3) is 6.09. The zero-order chi connectivity index (χ0) is 26.5. The van der Waals surface area contributed by atoms with E-state index in [1.54, 1.807) is 31.4 Å². The predicted molar refractivity (Wildman–Crippen MR) is 140 cm³/mol. The number of nitrogens with zero attached hydrogens (tertiary/aromatic N) is 1. The third-order valence-corrected chi connectivity index (χ3v) is 7.49. The van der Waals surface area contributed by atoms with Gasteiger partial charge in [0.05, 0.1) is 38.0 Å². The average molecular weight is 513 g/mol. The van der Waals surface area contributed by atoms with Crippen molar-refractivity contribution in [2.24, 2.45) is 0 Å². The summed E-state index contributed by atoms with van der Waals surface area (Å²) in [4.78, 5) is 13.1. The van der Waals surface area contributed by atoms with Gasteiger partial charge in [-0.2, -0.15) is 0 Å². The van der Waals surface area contributed by atoms with Crippen molar-refractivity contribution in [1.82, 2.24) is 5.32 Å². The normalized spacial score (nSPS) is 11.9. The molecule has 0 heterocycles. The molecule has 0 radical (unpaired) electrons. The third-order valence-electron chi connectivity index (χ3n) is 5.72. The van der Waals surface area contributed by atoms with Gasteiger partial charge in [0, 0.05) is 6.07 Å². The second kappa shape index (κ2) is 11.3. The fourth-order valence-corrected chi connectivity index (χ4v) is 5.33. The van der Waals surface area contributed by atoms with E-state index in [2.05, 4.69) is 5.32 Å². The van der Waals surface area contributed by atoms with E-state index in [0.717, 1.165) is 21.0 Å². The number of benzene rings is 3. The monoisotopic (exact) mass is 512 g/mol. The maximum atomic E-state index is 13.8. The molecule has 9 heteroatoms. The van der Waals surface area contributed by atoms with Gasteiger partial charge in [-0.25, -0.2) is 8.42 Å². The second-order valence-electron chi connectivity index (χ2n) is 8.44. The number of nitrogens with one attached hydrogen (secondary N) is 1. The Hall–Kier alpha value is -3.72. The Morgan fingerprint density at radius 1 is 0.861 bits per heavy atom. The van der Waals surface area contributed by atoms with E-state index in [1.807, 2.05) is 39.0 Å². The van der Waals surface area contributed by atoms with Gasteiger partial charge < -0.3 is 19.5 Å². The number of hydrogen-bond acceptors (Lipinski definition) is 6. The highest BCUT2D eigenvalue weighted by Gasteiger charge is 2.29. The Kier molecular flexibility index (Phi) is 8.47. The van der Waals surface area contributed by atoms with Crippen molar-refractivity contribution in [3.05, 3.63) is 77.4 Å². The van der Waals surface area contributed by atoms with Crippen molar-refractivity contribution < 1.29 is 27.4 Å². The Labute approximate surface area is 212 Å². The lowest BCUT2D eigenvalue weighted by Crippen LogP contribution is -2.41. The Morgan fingerprint density at radius 3 is 2.03 bits per heavy atom. The van der Waals surface area contributed by atoms with Crippen molar-refractivity contribution >= 4 is 21.6 Å². The van der Waals surface area contributed by atoms with Gasteiger partial charge in [-0.1, -0.05) is 18.2 Å². The predicted octanol–water partition coefficient (Wildman–Crippen LogP) is 4.40. The minimum absolute atomic E-state index is 0.0182. The van der Waals surface area contributed by atoms with Crippen LogP contribution < -0.4 is 23.8 Å². The molecule has 0 aliphatic rings. The molecule has 0 bridgehead atoms. The quantitative estimate of drug-likeness (QED) is 0.433. The molecule has 0 spiro atoms. The van der Waals surface area contributed by atoms with Gasteiger partial charge in [-0.3, -0.25) is 9.10 Å². The maximum absolute atomic E-state index is 13.8. The van der Waals surface area contributed by atoms with E-state index in [1.165, 1.54) is 32.4 Å². The van der Waals surface area contributed by atoms with Crippen LogP contribution in [0, 0.1) is 13.8 Å². The largest absolute Gasteiger partial charge is 0.497 e. The standard InChI is InChI=1S/C27H32N2O6S/c1-18-13-19(2)15-22(14-18)29(36(31,32)24-11-12-25(34-5)26(16-24)35-6)17-27(30)28-20(3)21-7-9-23(33-4)10-8-21/h7-16,20H,17H2,1-6H3,(H,28,30)/t20-/m0/s1. The van der Waals surface area contributed by atoms with Crippen molar-refractivity contribution in [2.45, 2.75) is 31.7 Å². The highest BCUT2D eigenvalue weighted by Crippen LogP contribution is 2.32. The molecule has 0 aromatic heterocycles. The lowest BCUT2D eigenvalue weighted by Gasteiger charge is -2.26. The second-order valence-corrected chi connectivity index (χ2v) is 10.3. The van der Waals surface area contributed by atoms with Gasteiger partial charge in [0.1, 0.15) is 12.3 Å². The molecule has 1 atom stereocenters. The topological polar surface area (TPSA) is 94.2 Å². The number of hydrogen-bond donors (Lipinski definition) is 1. The molecule has 0 aliphatic carbocycles. The van der Waals surface area contributed by atoms with Crippen molar-refractivity contribution in [3.63, 3.8) is 0 Å². The zero-order valence-electron chi connectivity index (χ0n) is 21.4. The summed E-state index contributed by atoms with van der Waals surface area (Å²) < 4.78 is 44.5. The van der Waals surface area contributed by atoms with Crippen LogP contribution in [0.25, 0.3) is 0 Å². The van der Waals surface area contributed by atoms with Crippen LogP contribution in [0.15, 0.2) is 65.6 Å². The van der Waals surface area contributed by atoms with Crippen molar-refractivity contribution in [3.8, 4) is 17.2 Å². The van der Waals surface area contributed by atoms with Crippen LogP contribution in [0.2, 0.25) is 0 Å². The fourth-order valence-electron chi connectivity index (χ4n) is 3.91. The Balaban J connectivity index is 1.96. The minimum Gasteiger partial charge on any atom is -0.497 e. The summed E-state index contributed by atoms with van der Waals surface area (Å²) in [6, 6.07) is 16.8. The van der Waals surface area contributed by atoms with Gasteiger partial charge in [0.2, 0.25) is 5.91 Å². The number of rotatable bonds is 10. The summed E-state index contributed by atoms with van der Waals surface area (Å²) in [6.07, 6.45) is 0. The van der Waals surface area contributed by atoms with Gasteiger partial charge in [-0.05, 0) is 73.9 Å². The lowest BCUT2D eigenvalue weighted by molar-refractivity contribution is -0.120. The molecule has 192 valence electrons. The number of aryl methyl sites for hydroxylation is 2. The number of sulfonamides is 1. The number of methoxy groups -OCH3 is 3. The fraction of sp³-hybridized carbons (Fsp3) is 0.296. The van der Waals surface area contributed by atoms with Gasteiger partial charge in [0.25, 0.3) is 10.0 Å². The van der Waals surface area contributed by atoms with E-state index in [-0.39, 0.29) is 16.7 Å². The summed E-state index contributed by atoms with van der Waals surface area (Å²) >= 11 is 0. The SMILES string of the molecule is COc1ccc([C@H](C)NC(=O)CN(c2cc(C)cc(C)c2)S(=O)(=O)c2ccc(OC)c(OC)c2)cc1. The first kappa shape index (κ1) is 26.9. The molecule has 3 aromatic carbocycles. The first-order chi connectivity index (χ1) is 17.1. The molecule has 0 unspecified atom stereocenters. The van der Waals surface area contributed by atoms with Gasteiger partial charge in [0.15, 0.2) is 11.5 Å². The molecule has 0 saturated carbocycles.